The first-order valence-corrected chi connectivity index (χ1v) is 6.27. The Balaban J connectivity index is 2.00. The average molecular weight is 232 g/mol. The molecule has 3 heteroatoms. The van der Waals surface area contributed by atoms with Crippen molar-refractivity contribution in [3.05, 3.63) is 23.8 Å². The number of nitrogens with zero attached hydrogens (tertiary/aromatic N) is 1. The predicted molar refractivity (Wildman–Crippen MR) is 69.6 cm³/mol. The molecule has 0 aromatic heterocycles. The highest BCUT2D eigenvalue weighted by molar-refractivity contribution is 6.01. The van der Waals surface area contributed by atoms with Crippen molar-refractivity contribution in [2.75, 3.05) is 0 Å². The molecule has 1 fully saturated rings. The Morgan fingerprint density at radius 3 is 2.76 bits per heavy atom. The molecule has 0 heterocycles. The van der Waals surface area contributed by atoms with Gasteiger partial charge in [0.1, 0.15) is 0 Å². The van der Waals surface area contributed by atoms with Gasteiger partial charge in [0, 0.05) is 5.92 Å². The molecular weight excluding hydrogens is 212 g/mol. The van der Waals surface area contributed by atoms with E-state index in [1.807, 2.05) is 0 Å². The van der Waals surface area contributed by atoms with Crippen LogP contribution in [0.5, 0.6) is 0 Å². The molecule has 1 amide bonds. The Kier molecular flexibility index (Phi) is 3.46. The molecule has 1 N–H and O–H groups in total. The highest BCUT2D eigenvalue weighted by Gasteiger charge is 2.29. The van der Waals surface area contributed by atoms with Crippen molar-refractivity contribution in [1.29, 1.82) is 0 Å². The number of carbonyl (C=O) groups is 1. The van der Waals surface area contributed by atoms with Gasteiger partial charge in [-0.1, -0.05) is 18.2 Å². The number of hydrazone groups is 1. The Morgan fingerprint density at radius 2 is 2.18 bits per heavy atom. The zero-order valence-corrected chi connectivity index (χ0v) is 10.6. The van der Waals surface area contributed by atoms with Gasteiger partial charge in [-0.05, 0) is 51.0 Å². The third kappa shape index (κ3) is 3.05. The molecule has 1 saturated carbocycles. The SMILES string of the molecule is C=C(C)C1CC=C(C)/C(=N/NC(=O)C2CC2)C1. The van der Waals surface area contributed by atoms with Gasteiger partial charge in [0.15, 0.2) is 0 Å². The maximum absolute atomic E-state index is 11.5. The van der Waals surface area contributed by atoms with Gasteiger partial charge in [0.2, 0.25) is 5.91 Å². The standard InChI is InChI=1S/C14H20N2O/c1-9(2)12-5-4-10(3)13(8-12)15-16-14(17)11-6-7-11/h4,11-12H,1,5-8H2,2-3H3,(H,16,17)/b15-13+. The van der Waals surface area contributed by atoms with E-state index in [1.54, 1.807) is 0 Å². The molecule has 0 aromatic rings. The summed E-state index contributed by atoms with van der Waals surface area (Å²) in [5, 5.41) is 4.27. The monoisotopic (exact) mass is 232 g/mol. The normalized spacial score (nSPS) is 26.6. The molecular formula is C14H20N2O. The minimum atomic E-state index is 0.0720. The maximum atomic E-state index is 11.5. The first-order chi connectivity index (χ1) is 8.08. The molecule has 3 nitrogen and oxygen atoms in total. The van der Waals surface area contributed by atoms with Gasteiger partial charge in [0.25, 0.3) is 0 Å². The molecule has 0 spiro atoms. The summed E-state index contributed by atoms with van der Waals surface area (Å²) in [6.07, 6.45) is 6.14. The fourth-order valence-electron chi connectivity index (χ4n) is 1.98. The summed E-state index contributed by atoms with van der Waals surface area (Å²) in [7, 11) is 0. The summed E-state index contributed by atoms with van der Waals surface area (Å²) in [5.41, 5.74) is 6.05. The van der Waals surface area contributed by atoms with Gasteiger partial charge >= 0.3 is 0 Å². The van der Waals surface area contributed by atoms with E-state index in [1.165, 1.54) is 11.1 Å². The third-order valence-electron chi connectivity index (χ3n) is 3.55. The van der Waals surface area contributed by atoms with Crippen LogP contribution in [0.25, 0.3) is 0 Å². The van der Waals surface area contributed by atoms with Crippen LogP contribution in [0.1, 0.15) is 39.5 Å². The quantitative estimate of drug-likeness (QED) is 0.590. The van der Waals surface area contributed by atoms with Crippen molar-refractivity contribution in [2.45, 2.75) is 39.5 Å². The van der Waals surface area contributed by atoms with E-state index in [0.29, 0.717) is 5.92 Å². The minimum Gasteiger partial charge on any atom is -0.273 e. The molecule has 2 aliphatic carbocycles. The molecule has 1 unspecified atom stereocenters. The van der Waals surface area contributed by atoms with Gasteiger partial charge in [-0.2, -0.15) is 5.10 Å². The van der Waals surface area contributed by atoms with Gasteiger partial charge in [-0.3, -0.25) is 4.79 Å². The number of rotatable bonds is 3. The van der Waals surface area contributed by atoms with Crippen molar-refractivity contribution in [3.63, 3.8) is 0 Å². The van der Waals surface area contributed by atoms with E-state index in [-0.39, 0.29) is 11.8 Å². The Hall–Kier alpha value is -1.38. The van der Waals surface area contributed by atoms with Gasteiger partial charge in [-0.15, -0.1) is 0 Å². The first-order valence-electron chi connectivity index (χ1n) is 6.27. The second-order valence-corrected chi connectivity index (χ2v) is 5.18. The summed E-state index contributed by atoms with van der Waals surface area (Å²) in [4.78, 5) is 11.5. The van der Waals surface area contributed by atoms with Crippen LogP contribution in [0.15, 0.2) is 28.9 Å². The van der Waals surface area contributed by atoms with E-state index in [2.05, 4.69) is 37.0 Å². The largest absolute Gasteiger partial charge is 0.273 e. The number of hydrogen-bond acceptors (Lipinski definition) is 2. The third-order valence-corrected chi connectivity index (χ3v) is 3.55. The summed E-state index contributed by atoms with van der Waals surface area (Å²) < 4.78 is 0. The van der Waals surface area contributed by atoms with Crippen molar-refractivity contribution >= 4 is 11.6 Å². The summed E-state index contributed by atoms with van der Waals surface area (Å²) in [6.45, 7) is 8.11. The van der Waals surface area contributed by atoms with Crippen molar-refractivity contribution in [3.8, 4) is 0 Å². The lowest BCUT2D eigenvalue weighted by atomic mass is 9.85. The highest BCUT2D eigenvalue weighted by atomic mass is 16.2. The molecule has 2 rings (SSSR count). The number of carbonyl (C=O) groups excluding carboxylic acids is 1. The van der Waals surface area contributed by atoms with Crippen molar-refractivity contribution < 1.29 is 4.79 Å². The molecule has 2 aliphatic rings. The molecule has 0 aromatic carbocycles. The lowest BCUT2D eigenvalue weighted by Gasteiger charge is -2.22. The zero-order valence-electron chi connectivity index (χ0n) is 10.6. The van der Waals surface area contributed by atoms with E-state index in [9.17, 15) is 4.79 Å². The first kappa shape index (κ1) is 12.1. The number of hydrogen-bond donors (Lipinski definition) is 1. The number of nitrogens with one attached hydrogen (secondary N) is 1. The van der Waals surface area contributed by atoms with Crippen LogP contribution >= 0.6 is 0 Å². The lowest BCUT2D eigenvalue weighted by Crippen LogP contribution is -2.24. The van der Waals surface area contributed by atoms with Crippen LogP contribution in [0.4, 0.5) is 0 Å². The molecule has 92 valence electrons. The second kappa shape index (κ2) is 4.86. The number of allylic oxidation sites excluding steroid dienone is 3. The smallest absolute Gasteiger partial charge is 0.243 e. The molecule has 1 atom stereocenters. The van der Waals surface area contributed by atoms with Crippen LogP contribution in [0.2, 0.25) is 0 Å². The van der Waals surface area contributed by atoms with E-state index >= 15 is 0 Å². The van der Waals surface area contributed by atoms with Crippen LogP contribution in [-0.4, -0.2) is 11.6 Å². The molecule has 17 heavy (non-hydrogen) atoms. The summed E-state index contributed by atoms with van der Waals surface area (Å²) >= 11 is 0. The molecule has 0 radical (unpaired) electrons. The number of amides is 1. The Bertz CT molecular complexity index is 402. The van der Waals surface area contributed by atoms with Crippen molar-refractivity contribution in [2.24, 2.45) is 16.9 Å². The highest BCUT2D eigenvalue weighted by Crippen LogP contribution is 2.29. The maximum Gasteiger partial charge on any atom is 0.243 e. The predicted octanol–water partition coefficient (Wildman–Crippen LogP) is 2.80. The lowest BCUT2D eigenvalue weighted by molar-refractivity contribution is -0.122. The molecule has 0 aliphatic heterocycles. The Morgan fingerprint density at radius 1 is 1.47 bits per heavy atom. The minimum absolute atomic E-state index is 0.0720. The second-order valence-electron chi connectivity index (χ2n) is 5.18. The van der Waals surface area contributed by atoms with Crippen LogP contribution in [-0.2, 0) is 4.79 Å². The van der Waals surface area contributed by atoms with Gasteiger partial charge in [0.05, 0.1) is 5.71 Å². The topological polar surface area (TPSA) is 41.5 Å². The van der Waals surface area contributed by atoms with Crippen LogP contribution in [0, 0.1) is 11.8 Å². The van der Waals surface area contributed by atoms with E-state index < -0.39 is 0 Å². The average Bonchev–Trinajstić information content (AvgIpc) is 3.11. The summed E-state index contributed by atoms with van der Waals surface area (Å²) in [6, 6.07) is 0. The van der Waals surface area contributed by atoms with Gasteiger partial charge in [-0.25, -0.2) is 5.43 Å². The van der Waals surface area contributed by atoms with Crippen LogP contribution < -0.4 is 5.43 Å². The molecule has 0 bridgehead atoms. The Labute approximate surface area is 103 Å². The summed E-state index contributed by atoms with van der Waals surface area (Å²) in [5.74, 6) is 0.752. The van der Waals surface area contributed by atoms with E-state index in [4.69, 9.17) is 0 Å². The van der Waals surface area contributed by atoms with Gasteiger partial charge < -0.3 is 0 Å². The zero-order chi connectivity index (χ0) is 12.4. The fourth-order valence-corrected chi connectivity index (χ4v) is 1.98. The molecule has 0 saturated heterocycles. The van der Waals surface area contributed by atoms with Crippen LogP contribution in [0.3, 0.4) is 0 Å². The fraction of sp³-hybridized carbons (Fsp3) is 0.571. The van der Waals surface area contributed by atoms with Crippen molar-refractivity contribution in [1.82, 2.24) is 5.43 Å². The van der Waals surface area contributed by atoms with E-state index in [0.717, 1.165) is 31.4 Å².